The predicted molar refractivity (Wildman–Crippen MR) is 70.0 cm³/mol. The maximum absolute atomic E-state index is 3.51. The first-order chi connectivity index (χ1) is 7.72. The second kappa shape index (κ2) is 8.01. The number of hydrogen-bond donors (Lipinski definition) is 1. The lowest BCUT2D eigenvalue weighted by Crippen LogP contribution is -2.42. The molecule has 0 atom stereocenters. The maximum Gasteiger partial charge on any atom is 0.0110 e. The molecule has 1 aliphatic heterocycles. The van der Waals surface area contributed by atoms with Gasteiger partial charge < -0.3 is 20.0 Å². The number of nitrogens with one attached hydrogen (secondary N) is 1. The fraction of sp³-hybridized carbons (Fsp3) is 1.00. The topological polar surface area (TPSA) is 21.8 Å². The number of hydrogen-bond acceptors (Lipinski definition) is 4. The van der Waals surface area contributed by atoms with E-state index in [-0.39, 0.29) is 0 Å². The van der Waals surface area contributed by atoms with E-state index in [1.54, 1.807) is 0 Å². The number of nitrogens with zero attached hydrogens (tertiary/aromatic N) is 3. The van der Waals surface area contributed by atoms with E-state index in [1.165, 1.54) is 32.7 Å². The van der Waals surface area contributed by atoms with Crippen LogP contribution in [0.3, 0.4) is 0 Å². The summed E-state index contributed by atoms with van der Waals surface area (Å²) in [6.07, 6.45) is 0. The lowest BCUT2D eigenvalue weighted by molar-refractivity contribution is 0.204. The van der Waals surface area contributed by atoms with Gasteiger partial charge in [-0.1, -0.05) is 6.92 Å². The molecule has 16 heavy (non-hydrogen) atoms. The molecule has 4 nitrogen and oxygen atoms in total. The Balaban J connectivity index is 2.34. The van der Waals surface area contributed by atoms with Crippen LogP contribution in [0.4, 0.5) is 0 Å². The van der Waals surface area contributed by atoms with Crippen molar-refractivity contribution in [1.82, 2.24) is 20.0 Å². The summed E-state index contributed by atoms with van der Waals surface area (Å²) in [6.45, 7) is 12.7. The quantitative estimate of drug-likeness (QED) is 0.669. The first kappa shape index (κ1) is 13.9. The zero-order valence-corrected chi connectivity index (χ0v) is 11.2. The van der Waals surface area contributed by atoms with E-state index in [2.05, 4.69) is 41.0 Å². The number of likely N-dealkylation sites (N-methyl/N-ethyl adjacent to an activating group) is 3. The third kappa shape index (κ3) is 5.80. The molecule has 0 saturated carbocycles. The van der Waals surface area contributed by atoms with Crippen molar-refractivity contribution < 1.29 is 0 Å². The third-order valence-corrected chi connectivity index (χ3v) is 3.38. The van der Waals surface area contributed by atoms with Crippen molar-refractivity contribution in [3.8, 4) is 0 Å². The molecule has 0 unspecified atom stereocenters. The molecular weight excluding hydrogens is 200 g/mol. The van der Waals surface area contributed by atoms with Gasteiger partial charge in [-0.3, -0.25) is 0 Å². The van der Waals surface area contributed by atoms with Gasteiger partial charge in [-0.15, -0.1) is 0 Å². The molecular formula is C12H28N4. The normalized spacial score (nSPS) is 24.9. The highest BCUT2D eigenvalue weighted by molar-refractivity contribution is 4.65. The van der Waals surface area contributed by atoms with Crippen molar-refractivity contribution >= 4 is 0 Å². The molecule has 0 aromatic heterocycles. The first-order valence-corrected chi connectivity index (χ1v) is 6.52. The fourth-order valence-electron chi connectivity index (χ4n) is 1.94. The predicted octanol–water partition coefficient (Wildman–Crippen LogP) is -0.225. The highest BCUT2D eigenvalue weighted by Crippen LogP contribution is 1.92. The van der Waals surface area contributed by atoms with Crippen LogP contribution in [0.25, 0.3) is 0 Å². The van der Waals surface area contributed by atoms with E-state index >= 15 is 0 Å². The average molecular weight is 228 g/mol. The van der Waals surface area contributed by atoms with Crippen molar-refractivity contribution in [3.05, 3.63) is 0 Å². The highest BCUT2D eigenvalue weighted by Gasteiger charge is 2.07. The molecule has 1 aliphatic rings. The lowest BCUT2D eigenvalue weighted by Gasteiger charge is -2.27. The van der Waals surface area contributed by atoms with Crippen molar-refractivity contribution in [2.24, 2.45) is 0 Å². The SMILES string of the molecule is CCN1CCNCCN(C)CCN(C)CC1. The molecule has 0 aromatic carbocycles. The molecule has 96 valence electrons. The van der Waals surface area contributed by atoms with Crippen molar-refractivity contribution in [1.29, 1.82) is 0 Å². The van der Waals surface area contributed by atoms with Crippen LogP contribution in [-0.2, 0) is 0 Å². The van der Waals surface area contributed by atoms with Gasteiger partial charge in [0.2, 0.25) is 0 Å². The van der Waals surface area contributed by atoms with Crippen LogP contribution < -0.4 is 5.32 Å². The Morgan fingerprint density at radius 2 is 1.38 bits per heavy atom. The summed E-state index contributed by atoms with van der Waals surface area (Å²) in [7, 11) is 4.44. The van der Waals surface area contributed by atoms with Gasteiger partial charge in [0.15, 0.2) is 0 Å². The summed E-state index contributed by atoms with van der Waals surface area (Å²) in [5.41, 5.74) is 0. The Hall–Kier alpha value is -0.160. The van der Waals surface area contributed by atoms with Crippen LogP contribution in [0.5, 0.6) is 0 Å². The van der Waals surface area contributed by atoms with Gasteiger partial charge in [-0.25, -0.2) is 0 Å². The molecule has 1 fully saturated rings. The van der Waals surface area contributed by atoms with E-state index in [0.29, 0.717) is 0 Å². The van der Waals surface area contributed by atoms with Crippen LogP contribution in [-0.4, -0.2) is 87.7 Å². The Bertz CT molecular complexity index is 174. The van der Waals surface area contributed by atoms with Crippen LogP contribution >= 0.6 is 0 Å². The minimum Gasteiger partial charge on any atom is -0.314 e. The summed E-state index contributed by atoms with van der Waals surface area (Å²) in [5, 5.41) is 3.51. The molecule has 0 radical (unpaired) electrons. The molecule has 1 rings (SSSR count). The summed E-state index contributed by atoms with van der Waals surface area (Å²) in [6, 6.07) is 0. The van der Waals surface area contributed by atoms with Crippen LogP contribution in [0, 0.1) is 0 Å². The zero-order chi connectivity index (χ0) is 11.8. The smallest absolute Gasteiger partial charge is 0.0110 e. The molecule has 4 heteroatoms. The largest absolute Gasteiger partial charge is 0.314 e. The minimum atomic E-state index is 1.11. The van der Waals surface area contributed by atoms with Gasteiger partial charge in [0, 0.05) is 52.4 Å². The standard InChI is InChI=1S/C12H28N4/c1-4-16-8-6-13-5-7-14(2)9-10-15(3)11-12-16/h13H,4-12H2,1-3H3. The number of rotatable bonds is 1. The molecule has 0 aliphatic carbocycles. The lowest BCUT2D eigenvalue weighted by atomic mass is 10.4. The van der Waals surface area contributed by atoms with Gasteiger partial charge in [0.05, 0.1) is 0 Å². The van der Waals surface area contributed by atoms with Crippen molar-refractivity contribution in [2.75, 3.05) is 73.0 Å². The Morgan fingerprint density at radius 3 is 2.06 bits per heavy atom. The molecule has 1 saturated heterocycles. The second-order valence-corrected chi connectivity index (χ2v) is 4.79. The van der Waals surface area contributed by atoms with Crippen molar-refractivity contribution in [3.63, 3.8) is 0 Å². The first-order valence-electron chi connectivity index (χ1n) is 6.52. The average Bonchev–Trinajstić information content (AvgIpc) is 2.28. The minimum absolute atomic E-state index is 1.11. The van der Waals surface area contributed by atoms with Crippen molar-refractivity contribution in [2.45, 2.75) is 6.92 Å². The molecule has 1 heterocycles. The van der Waals surface area contributed by atoms with E-state index in [9.17, 15) is 0 Å². The Morgan fingerprint density at radius 1 is 0.812 bits per heavy atom. The van der Waals surface area contributed by atoms with E-state index < -0.39 is 0 Å². The Kier molecular flexibility index (Phi) is 6.96. The second-order valence-electron chi connectivity index (χ2n) is 4.79. The van der Waals surface area contributed by atoms with E-state index in [0.717, 1.165) is 26.2 Å². The third-order valence-electron chi connectivity index (χ3n) is 3.38. The van der Waals surface area contributed by atoms with E-state index in [4.69, 9.17) is 0 Å². The molecule has 0 aromatic rings. The van der Waals surface area contributed by atoms with E-state index in [1.807, 2.05) is 0 Å². The summed E-state index contributed by atoms with van der Waals surface area (Å²) < 4.78 is 0. The molecule has 0 amide bonds. The molecule has 0 spiro atoms. The van der Waals surface area contributed by atoms with Crippen LogP contribution in [0.2, 0.25) is 0 Å². The highest BCUT2D eigenvalue weighted by atomic mass is 15.2. The summed E-state index contributed by atoms with van der Waals surface area (Å²) in [4.78, 5) is 7.37. The molecule has 0 bridgehead atoms. The van der Waals surface area contributed by atoms with Crippen LogP contribution in [0.15, 0.2) is 0 Å². The zero-order valence-electron chi connectivity index (χ0n) is 11.2. The fourth-order valence-corrected chi connectivity index (χ4v) is 1.94. The summed E-state index contributed by atoms with van der Waals surface area (Å²) >= 11 is 0. The summed E-state index contributed by atoms with van der Waals surface area (Å²) in [5.74, 6) is 0. The van der Waals surface area contributed by atoms with Crippen LogP contribution in [0.1, 0.15) is 6.92 Å². The Labute approximate surface area is 101 Å². The maximum atomic E-state index is 3.51. The monoisotopic (exact) mass is 228 g/mol. The van der Waals surface area contributed by atoms with Gasteiger partial charge in [0.25, 0.3) is 0 Å². The van der Waals surface area contributed by atoms with Gasteiger partial charge in [-0.2, -0.15) is 0 Å². The van der Waals surface area contributed by atoms with Gasteiger partial charge in [-0.05, 0) is 20.6 Å². The molecule has 1 N–H and O–H groups in total. The van der Waals surface area contributed by atoms with Gasteiger partial charge >= 0.3 is 0 Å². The van der Waals surface area contributed by atoms with Gasteiger partial charge in [0.1, 0.15) is 0 Å².